The van der Waals surface area contributed by atoms with Crippen LogP contribution in [0.5, 0.6) is 5.75 Å². The van der Waals surface area contributed by atoms with Crippen molar-refractivity contribution in [3.05, 3.63) is 29.8 Å². The fourth-order valence-electron chi connectivity index (χ4n) is 3.89. The first-order valence-electron chi connectivity index (χ1n) is 9.63. The van der Waals surface area contributed by atoms with Gasteiger partial charge >= 0.3 is 0 Å². The summed E-state index contributed by atoms with van der Waals surface area (Å²) >= 11 is 0. The molecule has 3 atom stereocenters. The molecular formula is C21H31N3O4. The Kier molecular flexibility index (Phi) is 6.69. The van der Waals surface area contributed by atoms with Gasteiger partial charge in [0.15, 0.2) is 0 Å². The van der Waals surface area contributed by atoms with Crippen molar-refractivity contribution in [2.24, 2.45) is 5.41 Å². The van der Waals surface area contributed by atoms with Crippen LogP contribution in [-0.4, -0.2) is 52.9 Å². The third kappa shape index (κ3) is 5.03. The number of carbonyl (C=O) groups excluding carboxylic acids is 3. The topological polar surface area (TPSA) is 98.7 Å². The lowest BCUT2D eigenvalue weighted by atomic mass is 9.85. The predicted molar refractivity (Wildman–Crippen MR) is 107 cm³/mol. The van der Waals surface area contributed by atoms with E-state index in [1.54, 1.807) is 36.2 Å². The van der Waals surface area contributed by atoms with Crippen LogP contribution in [0.4, 0.5) is 0 Å². The van der Waals surface area contributed by atoms with Gasteiger partial charge in [-0.1, -0.05) is 32.9 Å². The Hall–Kier alpha value is -2.57. The fourth-order valence-corrected chi connectivity index (χ4v) is 3.89. The summed E-state index contributed by atoms with van der Waals surface area (Å²) in [6.07, 6.45) is 1.62. The third-order valence-electron chi connectivity index (χ3n) is 5.24. The molecule has 1 aliphatic rings. The summed E-state index contributed by atoms with van der Waals surface area (Å²) in [5, 5.41) is 14.9. The minimum Gasteiger partial charge on any atom is -0.508 e. The summed E-state index contributed by atoms with van der Waals surface area (Å²) in [7, 11) is 1.57. The number of likely N-dealkylation sites (N-methyl/N-ethyl adjacent to an activating group) is 1. The van der Waals surface area contributed by atoms with Gasteiger partial charge in [0.2, 0.25) is 17.7 Å². The zero-order chi connectivity index (χ0) is 21.1. The highest BCUT2D eigenvalue weighted by Gasteiger charge is 2.46. The summed E-state index contributed by atoms with van der Waals surface area (Å²) < 4.78 is 0. The summed E-state index contributed by atoms with van der Waals surface area (Å²) in [4.78, 5) is 39.4. The number of amides is 3. The number of rotatable bonds is 5. The second-order valence-corrected chi connectivity index (χ2v) is 8.46. The van der Waals surface area contributed by atoms with E-state index in [9.17, 15) is 19.5 Å². The second-order valence-electron chi connectivity index (χ2n) is 8.46. The van der Waals surface area contributed by atoms with Crippen molar-refractivity contribution >= 4 is 17.7 Å². The number of benzene rings is 1. The van der Waals surface area contributed by atoms with Crippen LogP contribution in [0.3, 0.4) is 0 Å². The van der Waals surface area contributed by atoms with Gasteiger partial charge in [-0.2, -0.15) is 0 Å². The Balaban J connectivity index is 2.35. The van der Waals surface area contributed by atoms with Crippen LogP contribution in [0.25, 0.3) is 0 Å². The molecule has 7 heteroatoms. The first-order valence-corrected chi connectivity index (χ1v) is 9.63. The molecule has 3 amide bonds. The number of carbonyl (C=O) groups is 3. The molecule has 7 nitrogen and oxygen atoms in total. The predicted octanol–water partition coefficient (Wildman–Crippen LogP) is 1.59. The Morgan fingerprint density at radius 3 is 2.29 bits per heavy atom. The average molecular weight is 389 g/mol. The Morgan fingerprint density at radius 1 is 1.18 bits per heavy atom. The molecule has 1 saturated heterocycles. The van der Waals surface area contributed by atoms with Crippen LogP contribution < -0.4 is 10.6 Å². The van der Waals surface area contributed by atoms with Gasteiger partial charge in [0.1, 0.15) is 17.8 Å². The van der Waals surface area contributed by atoms with Gasteiger partial charge in [0, 0.05) is 26.4 Å². The number of phenols is 1. The molecule has 3 N–H and O–H groups in total. The van der Waals surface area contributed by atoms with Crippen LogP contribution in [0.2, 0.25) is 0 Å². The maximum Gasteiger partial charge on any atom is 0.246 e. The molecule has 0 aromatic heterocycles. The summed E-state index contributed by atoms with van der Waals surface area (Å²) in [5.41, 5.74) is 0.616. The Bertz CT molecular complexity index is 724. The summed E-state index contributed by atoms with van der Waals surface area (Å²) in [6, 6.07) is 5.11. The number of likely N-dealkylation sites (tertiary alicyclic amines) is 1. The van der Waals surface area contributed by atoms with Gasteiger partial charge < -0.3 is 20.6 Å². The van der Waals surface area contributed by atoms with E-state index in [-0.39, 0.29) is 41.3 Å². The molecule has 1 heterocycles. The lowest BCUT2D eigenvalue weighted by molar-refractivity contribution is -0.145. The lowest BCUT2D eigenvalue weighted by Crippen LogP contribution is -2.58. The van der Waals surface area contributed by atoms with Crippen LogP contribution in [-0.2, 0) is 20.8 Å². The number of hydrogen-bond donors (Lipinski definition) is 3. The highest BCUT2D eigenvalue weighted by Crippen LogP contribution is 2.37. The molecular weight excluding hydrogens is 358 g/mol. The van der Waals surface area contributed by atoms with Crippen molar-refractivity contribution in [3.8, 4) is 5.75 Å². The van der Waals surface area contributed by atoms with Gasteiger partial charge in [0.05, 0.1) is 0 Å². The number of nitrogens with zero attached hydrogens (tertiary/aromatic N) is 1. The second kappa shape index (κ2) is 8.63. The molecule has 2 rings (SSSR count). The van der Waals surface area contributed by atoms with Gasteiger partial charge in [0.25, 0.3) is 0 Å². The molecule has 1 aromatic carbocycles. The Morgan fingerprint density at radius 2 is 1.79 bits per heavy atom. The van der Waals surface area contributed by atoms with Crippen LogP contribution in [0, 0.1) is 5.41 Å². The van der Waals surface area contributed by atoms with Crippen molar-refractivity contribution < 1.29 is 19.5 Å². The summed E-state index contributed by atoms with van der Waals surface area (Å²) in [6.45, 7) is 7.53. The monoisotopic (exact) mass is 389 g/mol. The quantitative estimate of drug-likeness (QED) is 0.712. The van der Waals surface area contributed by atoms with E-state index in [4.69, 9.17) is 0 Å². The minimum absolute atomic E-state index is 0.0987. The molecule has 0 spiro atoms. The molecule has 154 valence electrons. The van der Waals surface area contributed by atoms with Crippen molar-refractivity contribution in [3.63, 3.8) is 0 Å². The van der Waals surface area contributed by atoms with Crippen LogP contribution in [0.1, 0.15) is 46.1 Å². The number of aromatic hydroxyl groups is 1. The number of nitrogens with one attached hydrogen (secondary N) is 2. The van der Waals surface area contributed by atoms with Crippen molar-refractivity contribution in [1.29, 1.82) is 0 Å². The van der Waals surface area contributed by atoms with Gasteiger partial charge in [-0.3, -0.25) is 14.4 Å². The number of hydrogen-bond acceptors (Lipinski definition) is 4. The van der Waals surface area contributed by atoms with E-state index in [1.807, 2.05) is 0 Å². The molecule has 0 saturated carbocycles. The molecule has 0 bridgehead atoms. The molecule has 1 fully saturated rings. The smallest absolute Gasteiger partial charge is 0.246 e. The maximum absolute atomic E-state index is 13.5. The summed E-state index contributed by atoms with van der Waals surface area (Å²) in [5.74, 6) is -0.612. The van der Waals surface area contributed by atoms with E-state index < -0.39 is 12.1 Å². The Labute approximate surface area is 166 Å². The molecule has 1 aromatic rings. The average Bonchev–Trinajstić information content (AvgIpc) is 3.06. The molecule has 0 unspecified atom stereocenters. The van der Waals surface area contributed by atoms with Crippen molar-refractivity contribution in [1.82, 2.24) is 15.5 Å². The fraction of sp³-hybridized carbons (Fsp3) is 0.571. The number of phenolic OH excluding ortho intramolecular Hbond substituents is 1. The SMILES string of the molecule is CNC(=O)[C@@H]1CC[C@H](C(C)(C)C)N1C(=O)[C@H](Cc1ccc(O)cc1)NC(C)=O. The highest BCUT2D eigenvalue weighted by molar-refractivity contribution is 5.92. The van der Waals surface area contributed by atoms with Crippen molar-refractivity contribution in [2.75, 3.05) is 7.05 Å². The van der Waals surface area contributed by atoms with Gasteiger partial charge in [-0.15, -0.1) is 0 Å². The zero-order valence-corrected chi connectivity index (χ0v) is 17.3. The highest BCUT2D eigenvalue weighted by atomic mass is 16.3. The van der Waals surface area contributed by atoms with Gasteiger partial charge in [-0.05, 0) is 36.0 Å². The zero-order valence-electron chi connectivity index (χ0n) is 17.3. The molecule has 0 aliphatic carbocycles. The first-order chi connectivity index (χ1) is 13.0. The van der Waals surface area contributed by atoms with Crippen LogP contribution in [0.15, 0.2) is 24.3 Å². The van der Waals surface area contributed by atoms with E-state index in [1.165, 1.54) is 6.92 Å². The van der Waals surface area contributed by atoms with E-state index in [0.29, 0.717) is 6.42 Å². The van der Waals surface area contributed by atoms with E-state index >= 15 is 0 Å². The molecule has 28 heavy (non-hydrogen) atoms. The standard InChI is InChI=1S/C21H31N3O4/c1-13(25)23-16(12-14-6-8-15(26)9-7-14)20(28)24-17(19(27)22-5)10-11-18(24)21(2,3)4/h6-9,16-18,26H,10-12H2,1-5H3,(H,22,27)(H,23,25)/t16-,17-,18+/m0/s1. The maximum atomic E-state index is 13.5. The minimum atomic E-state index is -0.780. The molecule has 0 radical (unpaired) electrons. The van der Waals surface area contributed by atoms with Gasteiger partial charge in [-0.25, -0.2) is 0 Å². The van der Waals surface area contributed by atoms with Crippen molar-refractivity contribution in [2.45, 2.75) is 65.1 Å². The third-order valence-corrected chi connectivity index (χ3v) is 5.24. The lowest BCUT2D eigenvalue weighted by Gasteiger charge is -2.39. The van der Waals surface area contributed by atoms with Crippen LogP contribution >= 0.6 is 0 Å². The van der Waals surface area contributed by atoms with E-state index in [0.717, 1.165) is 12.0 Å². The first kappa shape index (κ1) is 21.7. The normalized spacial score (nSPS) is 20.5. The molecule has 1 aliphatic heterocycles. The van der Waals surface area contributed by atoms with E-state index in [2.05, 4.69) is 31.4 Å². The largest absolute Gasteiger partial charge is 0.508 e.